The van der Waals surface area contributed by atoms with Gasteiger partial charge in [0.05, 0.1) is 0 Å². The van der Waals surface area contributed by atoms with Crippen molar-refractivity contribution in [2.24, 2.45) is 4.99 Å². The van der Waals surface area contributed by atoms with Crippen molar-refractivity contribution in [2.45, 2.75) is 25.7 Å². The van der Waals surface area contributed by atoms with Crippen LogP contribution in [0.3, 0.4) is 0 Å². The Bertz CT molecular complexity index is 502. The van der Waals surface area contributed by atoms with E-state index in [1.807, 2.05) is 6.07 Å². The molecule has 19 heavy (non-hydrogen) atoms. The molecule has 2 aromatic carbocycles. The van der Waals surface area contributed by atoms with Crippen LogP contribution in [0.2, 0.25) is 0 Å². The molecule has 0 aliphatic heterocycles. The number of hydrogen-bond acceptors (Lipinski definition) is 1. The molecule has 0 spiro atoms. The number of nitrogens with zero attached hydrogens (tertiary/aromatic N) is 1. The van der Waals surface area contributed by atoms with Crippen molar-refractivity contribution in [1.82, 2.24) is 0 Å². The zero-order valence-corrected chi connectivity index (χ0v) is 11.7. The highest BCUT2D eigenvalue weighted by Gasteiger charge is 2.04. The lowest BCUT2D eigenvalue weighted by Gasteiger charge is -2.09. The lowest BCUT2D eigenvalue weighted by molar-refractivity contribution is 0.774. The van der Waals surface area contributed by atoms with Gasteiger partial charge in [-0.25, -0.2) is 0 Å². The summed E-state index contributed by atoms with van der Waals surface area (Å²) < 4.78 is 0. The quantitative estimate of drug-likeness (QED) is 0.685. The molecular formula is C18H21N. The van der Waals surface area contributed by atoms with Crippen LogP contribution in [-0.2, 0) is 0 Å². The summed E-state index contributed by atoms with van der Waals surface area (Å²) in [5.41, 5.74) is 2.67. The summed E-state index contributed by atoms with van der Waals surface area (Å²) in [6.07, 6.45) is 2.06. The fourth-order valence-corrected chi connectivity index (χ4v) is 2.11. The van der Waals surface area contributed by atoms with E-state index in [1.54, 1.807) is 0 Å². The molecule has 0 fully saturated rings. The van der Waals surface area contributed by atoms with Crippen molar-refractivity contribution in [3.8, 4) is 0 Å². The molecule has 0 saturated carbocycles. The molecule has 0 amide bonds. The van der Waals surface area contributed by atoms with Gasteiger partial charge in [0.15, 0.2) is 0 Å². The van der Waals surface area contributed by atoms with Crippen molar-refractivity contribution >= 4 is 6.21 Å². The van der Waals surface area contributed by atoms with Gasteiger partial charge in [0.1, 0.15) is 0 Å². The smallest absolute Gasteiger partial charge is 0.0451 e. The van der Waals surface area contributed by atoms with Gasteiger partial charge >= 0.3 is 0 Å². The fraction of sp³-hybridized carbons (Fsp3) is 0.278. The van der Waals surface area contributed by atoms with Crippen LogP contribution < -0.4 is 0 Å². The fourth-order valence-electron chi connectivity index (χ4n) is 2.11. The lowest BCUT2D eigenvalue weighted by atomic mass is 10.0. The minimum absolute atomic E-state index is 0.379. The lowest BCUT2D eigenvalue weighted by Crippen LogP contribution is -2.00. The van der Waals surface area contributed by atoms with Crippen molar-refractivity contribution < 1.29 is 0 Å². The molecule has 2 aromatic rings. The van der Waals surface area contributed by atoms with E-state index in [4.69, 9.17) is 0 Å². The maximum absolute atomic E-state index is 4.60. The van der Waals surface area contributed by atoms with E-state index in [2.05, 4.69) is 79.7 Å². The second kappa shape index (κ2) is 6.89. The monoisotopic (exact) mass is 251 g/mol. The Morgan fingerprint density at radius 2 is 1.37 bits per heavy atom. The third-order valence-corrected chi connectivity index (χ3v) is 3.40. The van der Waals surface area contributed by atoms with Crippen LogP contribution in [0.25, 0.3) is 0 Å². The summed E-state index contributed by atoms with van der Waals surface area (Å²) in [5, 5.41) is 0. The van der Waals surface area contributed by atoms with Gasteiger partial charge in [0.2, 0.25) is 0 Å². The van der Waals surface area contributed by atoms with Crippen LogP contribution in [0.1, 0.15) is 36.8 Å². The molecule has 1 nitrogen and oxygen atoms in total. The maximum Gasteiger partial charge on any atom is 0.0451 e. The summed E-state index contributed by atoms with van der Waals surface area (Å²) in [6, 6.07) is 21.1. The van der Waals surface area contributed by atoms with Crippen LogP contribution in [0, 0.1) is 0 Å². The van der Waals surface area contributed by atoms with Gasteiger partial charge in [0, 0.05) is 24.6 Å². The molecule has 2 atom stereocenters. The number of aliphatic imine (C=N–C) groups is 1. The largest absolute Gasteiger partial charge is 0.296 e. The predicted octanol–water partition coefficient (Wildman–Crippen LogP) is 4.66. The predicted molar refractivity (Wildman–Crippen MR) is 83.1 cm³/mol. The third-order valence-electron chi connectivity index (χ3n) is 3.40. The average Bonchev–Trinajstić information content (AvgIpc) is 2.49. The van der Waals surface area contributed by atoms with Crippen LogP contribution >= 0.6 is 0 Å². The second-order valence-corrected chi connectivity index (χ2v) is 5.03. The Hall–Kier alpha value is -1.89. The van der Waals surface area contributed by atoms with E-state index in [0.29, 0.717) is 11.8 Å². The van der Waals surface area contributed by atoms with E-state index in [1.165, 1.54) is 11.1 Å². The van der Waals surface area contributed by atoms with Gasteiger partial charge in [0.25, 0.3) is 0 Å². The Balaban J connectivity index is 1.90. The van der Waals surface area contributed by atoms with Gasteiger partial charge in [-0.15, -0.1) is 0 Å². The Labute approximate surface area is 116 Å². The summed E-state index contributed by atoms with van der Waals surface area (Å²) >= 11 is 0. The first kappa shape index (κ1) is 13.5. The molecule has 0 N–H and O–H groups in total. The van der Waals surface area contributed by atoms with Crippen molar-refractivity contribution in [1.29, 1.82) is 0 Å². The zero-order chi connectivity index (χ0) is 13.5. The molecule has 0 aliphatic carbocycles. The van der Waals surface area contributed by atoms with Gasteiger partial charge in [-0.1, -0.05) is 74.5 Å². The van der Waals surface area contributed by atoms with E-state index in [0.717, 1.165) is 6.54 Å². The van der Waals surface area contributed by atoms with E-state index in [-0.39, 0.29) is 0 Å². The first-order valence-electron chi connectivity index (χ1n) is 6.87. The van der Waals surface area contributed by atoms with Crippen LogP contribution in [0.5, 0.6) is 0 Å². The van der Waals surface area contributed by atoms with Crippen molar-refractivity contribution in [3.63, 3.8) is 0 Å². The van der Waals surface area contributed by atoms with Crippen molar-refractivity contribution in [3.05, 3.63) is 71.8 Å². The Morgan fingerprint density at radius 3 is 1.95 bits per heavy atom. The third kappa shape index (κ3) is 4.06. The average molecular weight is 251 g/mol. The van der Waals surface area contributed by atoms with Crippen LogP contribution in [0.15, 0.2) is 65.7 Å². The van der Waals surface area contributed by atoms with Gasteiger partial charge in [-0.3, -0.25) is 4.99 Å². The normalized spacial score (nSPS) is 14.4. The topological polar surface area (TPSA) is 12.4 Å². The maximum atomic E-state index is 4.60. The van der Waals surface area contributed by atoms with Crippen LogP contribution in [0.4, 0.5) is 0 Å². The summed E-state index contributed by atoms with van der Waals surface area (Å²) in [7, 11) is 0. The first-order valence-corrected chi connectivity index (χ1v) is 6.87. The van der Waals surface area contributed by atoms with E-state index in [9.17, 15) is 0 Å². The van der Waals surface area contributed by atoms with E-state index < -0.39 is 0 Å². The number of hydrogen-bond donors (Lipinski definition) is 0. The molecule has 2 rings (SSSR count). The molecule has 0 aliphatic rings. The second-order valence-electron chi connectivity index (χ2n) is 5.03. The summed E-state index contributed by atoms with van der Waals surface area (Å²) in [6.45, 7) is 5.26. The Kier molecular flexibility index (Phi) is 4.91. The summed E-state index contributed by atoms with van der Waals surface area (Å²) in [5.74, 6) is 0.851. The standard InChI is InChI=1S/C18H21N/c1-15(17-9-5-3-6-10-17)13-19-14-16(2)18-11-7-4-8-12-18/h3-13,15-16H,14H2,1-2H3. The molecule has 0 aromatic heterocycles. The molecule has 0 saturated heterocycles. The molecule has 2 unspecified atom stereocenters. The summed E-state index contributed by atoms with van der Waals surface area (Å²) in [4.78, 5) is 4.60. The molecule has 98 valence electrons. The van der Waals surface area contributed by atoms with Gasteiger partial charge in [-0.2, -0.15) is 0 Å². The first-order chi connectivity index (χ1) is 9.27. The van der Waals surface area contributed by atoms with Gasteiger partial charge < -0.3 is 0 Å². The minimum atomic E-state index is 0.379. The Morgan fingerprint density at radius 1 is 0.842 bits per heavy atom. The highest BCUT2D eigenvalue weighted by atomic mass is 14.7. The molecule has 1 heteroatoms. The molecule has 0 bridgehead atoms. The van der Waals surface area contributed by atoms with Crippen LogP contribution in [-0.4, -0.2) is 12.8 Å². The van der Waals surface area contributed by atoms with Crippen molar-refractivity contribution in [2.75, 3.05) is 6.54 Å². The molecule has 0 heterocycles. The highest BCUT2D eigenvalue weighted by Crippen LogP contribution is 2.16. The highest BCUT2D eigenvalue weighted by molar-refractivity contribution is 5.67. The van der Waals surface area contributed by atoms with Gasteiger partial charge in [-0.05, 0) is 11.1 Å². The number of benzene rings is 2. The minimum Gasteiger partial charge on any atom is -0.296 e. The molecule has 0 radical (unpaired) electrons. The zero-order valence-electron chi connectivity index (χ0n) is 11.7. The van der Waals surface area contributed by atoms with E-state index >= 15 is 0 Å². The number of rotatable bonds is 5. The molecular weight excluding hydrogens is 230 g/mol. The SMILES string of the molecule is CC(C=NCC(C)c1ccccc1)c1ccccc1.